The lowest BCUT2D eigenvalue weighted by Crippen LogP contribution is -2.00. The second-order valence-electron chi connectivity index (χ2n) is 4.11. The van der Waals surface area contributed by atoms with Gasteiger partial charge in [-0.2, -0.15) is 15.8 Å². The predicted octanol–water partition coefficient (Wildman–Crippen LogP) is 3.36. The Bertz CT molecular complexity index is 793. The highest BCUT2D eigenvalue weighted by Gasteiger charge is 2.09. The van der Waals surface area contributed by atoms with E-state index < -0.39 is 0 Å². The summed E-state index contributed by atoms with van der Waals surface area (Å²) < 4.78 is 0. The standard InChI is InChI=1S/C15H9N5S/c1-10-2-4-11(5-3-10)14-9-21-15(20-14)19-13(8-18)12(6-16)7-17/h2-5,9H,1H3,(H,19,20). The van der Waals surface area contributed by atoms with Gasteiger partial charge in [-0.1, -0.05) is 29.8 Å². The number of nitrogens with zero attached hydrogens (tertiary/aromatic N) is 4. The van der Waals surface area contributed by atoms with Crippen LogP contribution in [0.15, 0.2) is 40.9 Å². The first-order valence-electron chi connectivity index (χ1n) is 5.92. The van der Waals surface area contributed by atoms with E-state index in [1.807, 2.05) is 36.6 Å². The van der Waals surface area contributed by atoms with Crippen LogP contribution in [0.25, 0.3) is 11.3 Å². The molecule has 0 bridgehead atoms. The number of anilines is 1. The van der Waals surface area contributed by atoms with Gasteiger partial charge in [-0.3, -0.25) is 0 Å². The van der Waals surface area contributed by atoms with Crippen LogP contribution in [0.4, 0.5) is 5.13 Å². The van der Waals surface area contributed by atoms with E-state index in [2.05, 4.69) is 10.3 Å². The quantitative estimate of drug-likeness (QED) is 0.875. The molecule has 1 heterocycles. The number of rotatable bonds is 3. The van der Waals surface area contributed by atoms with Gasteiger partial charge in [-0.15, -0.1) is 11.3 Å². The molecule has 0 aliphatic rings. The Labute approximate surface area is 126 Å². The van der Waals surface area contributed by atoms with Crippen LogP contribution in [-0.4, -0.2) is 4.98 Å². The lowest BCUT2D eigenvalue weighted by Gasteiger charge is -1.99. The summed E-state index contributed by atoms with van der Waals surface area (Å²) in [5.74, 6) is 0. The van der Waals surface area contributed by atoms with Crippen molar-refractivity contribution >= 4 is 16.5 Å². The van der Waals surface area contributed by atoms with Gasteiger partial charge in [0.05, 0.1) is 5.69 Å². The third-order valence-corrected chi connectivity index (χ3v) is 3.43. The fraction of sp³-hybridized carbons (Fsp3) is 0.0667. The van der Waals surface area contributed by atoms with Gasteiger partial charge in [0.15, 0.2) is 10.7 Å². The normalized spacial score (nSPS) is 9.05. The summed E-state index contributed by atoms with van der Waals surface area (Å²) in [4.78, 5) is 4.35. The van der Waals surface area contributed by atoms with E-state index in [0.29, 0.717) is 5.13 Å². The van der Waals surface area contributed by atoms with Gasteiger partial charge in [0.2, 0.25) is 0 Å². The average molecular weight is 291 g/mol. The minimum atomic E-state index is -0.260. The highest BCUT2D eigenvalue weighted by Crippen LogP contribution is 2.26. The number of nitrogens with one attached hydrogen (secondary N) is 1. The van der Waals surface area contributed by atoms with Crippen LogP contribution in [0.1, 0.15) is 5.56 Å². The first kappa shape index (κ1) is 14.3. The molecule has 21 heavy (non-hydrogen) atoms. The highest BCUT2D eigenvalue weighted by atomic mass is 32.1. The van der Waals surface area contributed by atoms with Crippen molar-refractivity contribution in [2.24, 2.45) is 0 Å². The molecule has 0 spiro atoms. The summed E-state index contributed by atoms with van der Waals surface area (Å²) in [6, 6.07) is 13.1. The van der Waals surface area contributed by atoms with E-state index in [1.54, 1.807) is 18.2 Å². The van der Waals surface area contributed by atoms with Crippen LogP contribution in [0.5, 0.6) is 0 Å². The first-order valence-corrected chi connectivity index (χ1v) is 6.80. The molecular weight excluding hydrogens is 282 g/mol. The number of nitriles is 3. The van der Waals surface area contributed by atoms with Gasteiger partial charge in [0.25, 0.3) is 0 Å². The highest BCUT2D eigenvalue weighted by molar-refractivity contribution is 7.14. The Kier molecular flexibility index (Phi) is 4.31. The van der Waals surface area contributed by atoms with Crippen molar-refractivity contribution in [1.29, 1.82) is 15.8 Å². The second kappa shape index (κ2) is 6.34. The molecular formula is C15H9N5S. The Hall–Kier alpha value is -3.14. The van der Waals surface area contributed by atoms with Gasteiger partial charge in [-0.05, 0) is 6.92 Å². The maximum Gasteiger partial charge on any atom is 0.188 e. The van der Waals surface area contributed by atoms with Crippen LogP contribution in [0.2, 0.25) is 0 Å². The third kappa shape index (κ3) is 3.25. The molecule has 0 atom stereocenters. The number of thiazole rings is 1. The molecule has 0 aliphatic carbocycles. The second-order valence-corrected chi connectivity index (χ2v) is 4.97. The van der Waals surface area contributed by atoms with Gasteiger partial charge >= 0.3 is 0 Å². The summed E-state index contributed by atoms with van der Waals surface area (Å²) in [7, 11) is 0. The van der Waals surface area contributed by atoms with Crippen LogP contribution < -0.4 is 5.32 Å². The van der Waals surface area contributed by atoms with Crippen LogP contribution in [0, 0.1) is 40.9 Å². The summed E-state index contributed by atoms with van der Waals surface area (Å²) in [5.41, 5.74) is 2.55. The molecule has 6 heteroatoms. The van der Waals surface area contributed by atoms with E-state index >= 15 is 0 Å². The molecule has 100 valence electrons. The Morgan fingerprint density at radius 3 is 2.33 bits per heavy atom. The molecule has 0 saturated heterocycles. The van der Waals surface area contributed by atoms with E-state index in [-0.39, 0.29) is 11.3 Å². The minimum Gasteiger partial charge on any atom is -0.321 e. The molecule has 2 aromatic rings. The molecule has 2 rings (SSSR count). The van der Waals surface area contributed by atoms with Crippen molar-refractivity contribution in [3.8, 4) is 29.5 Å². The lowest BCUT2D eigenvalue weighted by molar-refractivity contribution is 1.32. The summed E-state index contributed by atoms with van der Waals surface area (Å²) in [5, 5.41) is 31.6. The summed E-state index contributed by atoms with van der Waals surface area (Å²) in [6.07, 6.45) is 0. The van der Waals surface area contributed by atoms with Crippen LogP contribution in [-0.2, 0) is 0 Å². The molecule has 0 fully saturated rings. The Morgan fingerprint density at radius 2 is 1.76 bits per heavy atom. The zero-order valence-corrected chi connectivity index (χ0v) is 11.9. The number of aryl methyl sites for hydroxylation is 1. The van der Waals surface area contributed by atoms with Crippen molar-refractivity contribution in [1.82, 2.24) is 4.98 Å². The monoisotopic (exact) mass is 291 g/mol. The molecule has 0 radical (unpaired) electrons. The van der Waals surface area contributed by atoms with E-state index in [9.17, 15) is 0 Å². The summed E-state index contributed by atoms with van der Waals surface area (Å²) in [6.45, 7) is 2.01. The molecule has 1 aromatic carbocycles. The zero-order chi connectivity index (χ0) is 15.2. The fourth-order valence-corrected chi connectivity index (χ4v) is 2.30. The van der Waals surface area contributed by atoms with Crippen molar-refractivity contribution < 1.29 is 0 Å². The third-order valence-electron chi connectivity index (χ3n) is 2.67. The van der Waals surface area contributed by atoms with Gasteiger partial charge < -0.3 is 5.32 Å². The molecule has 5 nitrogen and oxygen atoms in total. The van der Waals surface area contributed by atoms with E-state index in [4.69, 9.17) is 15.8 Å². The van der Waals surface area contributed by atoms with Crippen molar-refractivity contribution in [3.63, 3.8) is 0 Å². The van der Waals surface area contributed by atoms with Crippen molar-refractivity contribution in [2.75, 3.05) is 5.32 Å². The molecule has 0 unspecified atom stereocenters. The smallest absolute Gasteiger partial charge is 0.188 e. The van der Waals surface area contributed by atoms with Gasteiger partial charge in [0.1, 0.15) is 23.9 Å². The maximum absolute atomic E-state index is 8.98. The molecule has 1 N–H and O–H groups in total. The first-order chi connectivity index (χ1) is 10.2. The number of aromatic nitrogens is 1. The SMILES string of the molecule is Cc1ccc(-c2csc(NC(C#N)=C(C#N)C#N)n2)cc1. The van der Waals surface area contributed by atoms with Crippen LogP contribution in [0.3, 0.4) is 0 Å². The average Bonchev–Trinajstić information content (AvgIpc) is 2.96. The molecule has 1 aromatic heterocycles. The minimum absolute atomic E-state index is 0.0928. The topological polar surface area (TPSA) is 96.3 Å². The fourth-order valence-electron chi connectivity index (χ4n) is 1.58. The van der Waals surface area contributed by atoms with Crippen molar-refractivity contribution in [2.45, 2.75) is 6.92 Å². The van der Waals surface area contributed by atoms with Gasteiger partial charge in [-0.25, -0.2) is 4.98 Å². The zero-order valence-electron chi connectivity index (χ0n) is 11.1. The predicted molar refractivity (Wildman–Crippen MR) is 79.8 cm³/mol. The summed E-state index contributed by atoms with van der Waals surface area (Å²) >= 11 is 1.30. The Morgan fingerprint density at radius 1 is 1.10 bits per heavy atom. The van der Waals surface area contributed by atoms with Crippen LogP contribution >= 0.6 is 11.3 Å². The maximum atomic E-state index is 8.98. The van der Waals surface area contributed by atoms with E-state index in [0.717, 1.165) is 16.8 Å². The molecule has 0 amide bonds. The molecule has 0 aliphatic heterocycles. The number of hydrogen-bond acceptors (Lipinski definition) is 6. The molecule has 0 saturated carbocycles. The number of allylic oxidation sites excluding steroid dienone is 2. The van der Waals surface area contributed by atoms with Crippen molar-refractivity contribution in [3.05, 3.63) is 46.5 Å². The largest absolute Gasteiger partial charge is 0.321 e. The van der Waals surface area contributed by atoms with E-state index in [1.165, 1.54) is 11.3 Å². The Balaban J connectivity index is 2.28. The number of benzene rings is 1. The number of hydrogen-bond donors (Lipinski definition) is 1. The lowest BCUT2D eigenvalue weighted by atomic mass is 10.1. The van der Waals surface area contributed by atoms with Gasteiger partial charge in [0, 0.05) is 10.9 Å².